The molecule has 2 rings (SSSR count). The summed E-state index contributed by atoms with van der Waals surface area (Å²) in [7, 11) is 0. The average Bonchev–Trinajstić information content (AvgIpc) is 2.31. The normalized spacial score (nSPS) is 11.7. The number of nitrogens with two attached hydrogens (primary N) is 1. The molecule has 1 nitrogen and oxygen atoms in total. The molecule has 0 atom stereocenters. The molecular formula is C14H10ClF4N. The number of hydrogen-bond donors (Lipinski definition) is 1. The molecule has 0 aliphatic heterocycles. The van der Waals surface area contributed by atoms with Crippen LogP contribution >= 0.6 is 11.6 Å². The van der Waals surface area contributed by atoms with Gasteiger partial charge in [-0.05, 0) is 36.2 Å². The predicted octanol–water partition coefficient (Wildman–Crippen LogP) is 5.06. The Balaban J connectivity index is 2.67. The van der Waals surface area contributed by atoms with Gasteiger partial charge in [-0.3, -0.25) is 0 Å². The van der Waals surface area contributed by atoms with Gasteiger partial charge in [0.1, 0.15) is 5.82 Å². The second kappa shape index (κ2) is 4.98. The Labute approximate surface area is 118 Å². The van der Waals surface area contributed by atoms with Gasteiger partial charge in [0.2, 0.25) is 0 Å². The van der Waals surface area contributed by atoms with E-state index in [0.717, 1.165) is 6.07 Å². The minimum Gasteiger partial charge on any atom is -0.397 e. The summed E-state index contributed by atoms with van der Waals surface area (Å²) in [5.74, 6) is -0.612. The van der Waals surface area contributed by atoms with Crippen LogP contribution in [0.5, 0.6) is 0 Å². The summed E-state index contributed by atoms with van der Waals surface area (Å²) in [6, 6.07) is 6.28. The lowest BCUT2D eigenvalue weighted by molar-refractivity contribution is -0.136. The summed E-state index contributed by atoms with van der Waals surface area (Å²) in [6.45, 7) is 1.68. The van der Waals surface area contributed by atoms with E-state index in [9.17, 15) is 17.6 Å². The number of hydrogen-bond acceptors (Lipinski definition) is 1. The van der Waals surface area contributed by atoms with Crippen LogP contribution in [0, 0.1) is 12.7 Å². The quantitative estimate of drug-likeness (QED) is 0.578. The Morgan fingerprint density at radius 1 is 1.10 bits per heavy atom. The van der Waals surface area contributed by atoms with Crippen LogP contribution in [-0.4, -0.2) is 0 Å². The average molecular weight is 304 g/mol. The van der Waals surface area contributed by atoms with Gasteiger partial charge in [0.25, 0.3) is 0 Å². The van der Waals surface area contributed by atoms with E-state index in [2.05, 4.69) is 0 Å². The van der Waals surface area contributed by atoms with Crippen molar-refractivity contribution in [1.29, 1.82) is 0 Å². The lowest BCUT2D eigenvalue weighted by Gasteiger charge is -2.14. The number of anilines is 1. The van der Waals surface area contributed by atoms with Crippen LogP contribution in [0.25, 0.3) is 11.1 Å². The summed E-state index contributed by atoms with van der Waals surface area (Å²) in [5.41, 5.74) is 4.45. The summed E-state index contributed by atoms with van der Waals surface area (Å²) >= 11 is 5.71. The number of rotatable bonds is 1. The third-order valence-corrected chi connectivity index (χ3v) is 3.18. The molecular weight excluding hydrogens is 294 g/mol. The summed E-state index contributed by atoms with van der Waals surface area (Å²) in [5, 5.41) is -0.255. The van der Waals surface area contributed by atoms with E-state index in [1.54, 1.807) is 13.0 Å². The third-order valence-electron chi connectivity index (χ3n) is 2.87. The summed E-state index contributed by atoms with van der Waals surface area (Å²) in [6.07, 6.45) is -4.65. The van der Waals surface area contributed by atoms with E-state index in [1.165, 1.54) is 18.2 Å². The first-order valence-electron chi connectivity index (χ1n) is 5.63. The second-order valence-electron chi connectivity index (χ2n) is 4.40. The first-order chi connectivity index (χ1) is 9.20. The molecule has 0 radical (unpaired) electrons. The zero-order valence-corrected chi connectivity index (χ0v) is 11.1. The van der Waals surface area contributed by atoms with Gasteiger partial charge in [0.15, 0.2) is 0 Å². The van der Waals surface area contributed by atoms with Crippen molar-refractivity contribution in [3.63, 3.8) is 0 Å². The van der Waals surface area contributed by atoms with Crippen LogP contribution in [0.1, 0.15) is 11.1 Å². The third kappa shape index (κ3) is 2.72. The van der Waals surface area contributed by atoms with Crippen LogP contribution < -0.4 is 5.73 Å². The maximum absolute atomic E-state index is 13.8. The molecule has 20 heavy (non-hydrogen) atoms. The second-order valence-corrected chi connectivity index (χ2v) is 4.81. The lowest BCUT2D eigenvalue weighted by Crippen LogP contribution is -2.09. The zero-order valence-electron chi connectivity index (χ0n) is 10.4. The molecule has 106 valence electrons. The number of halogens is 5. The molecule has 2 aromatic rings. The van der Waals surface area contributed by atoms with Crippen LogP contribution in [0.15, 0.2) is 30.3 Å². The van der Waals surface area contributed by atoms with Crippen LogP contribution in [-0.2, 0) is 6.18 Å². The maximum atomic E-state index is 13.8. The molecule has 0 saturated heterocycles. The topological polar surface area (TPSA) is 26.0 Å². The molecule has 0 saturated carbocycles. The minimum atomic E-state index is -4.65. The molecule has 0 aliphatic rings. The molecule has 0 aromatic heterocycles. The molecule has 0 spiro atoms. The predicted molar refractivity (Wildman–Crippen MR) is 71.0 cm³/mol. The Morgan fingerprint density at radius 2 is 1.75 bits per heavy atom. The highest BCUT2D eigenvalue weighted by Gasteiger charge is 2.34. The molecule has 0 bridgehead atoms. The fourth-order valence-corrected chi connectivity index (χ4v) is 2.08. The number of alkyl halides is 3. The standard InChI is InChI=1S/C14H10ClF4N/c1-7-2-3-9(12(16)4-7)8-5-10(14(17,18)19)13(20)11(15)6-8/h2-6H,20H2,1H3. The number of nitrogen functional groups attached to an aromatic ring is 1. The molecule has 0 amide bonds. The van der Waals surface area contributed by atoms with Crippen LogP contribution in [0.3, 0.4) is 0 Å². The van der Waals surface area contributed by atoms with Gasteiger partial charge in [-0.15, -0.1) is 0 Å². The molecule has 2 N–H and O–H groups in total. The Kier molecular flexibility index (Phi) is 3.65. The van der Waals surface area contributed by atoms with E-state index in [1.807, 2.05) is 0 Å². The smallest absolute Gasteiger partial charge is 0.397 e. The fourth-order valence-electron chi connectivity index (χ4n) is 1.86. The molecule has 0 aliphatic carbocycles. The highest BCUT2D eigenvalue weighted by molar-refractivity contribution is 6.33. The minimum absolute atomic E-state index is 0.0361. The maximum Gasteiger partial charge on any atom is 0.418 e. The monoisotopic (exact) mass is 303 g/mol. The van der Waals surface area contributed by atoms with E-state index >= 15 is 0 Å². The summed E-state index contributed by atoms with van der Waals surface area (Å²) in [4.78, 5) is 0. The number of benzene rings is 2. The molecule has 6 heteroatoms. The van der Waals surface area contributed by atoms with E-state index in [-0.39, 0.29) is 16.1 Å². The van der Waals surface area contributed by atoms with Gasteiger partial charge < -0.3 is 5.73 Å². The highest BCUT2D eigenvalue weighted by atomic mass is 35.5. The van der Waals surface area contributed by atoms with Crippen LogP contribution in [0.2, 0.25) is 5.02 Å². The van der Waals surface area contributed by atoms with Crippen molar-refractivity contribution in [2.45, 2.75) is 13.1 Å². The highest BCUT2D eigenvalue weighted by Crippen LogP contribution is 2.40. The van der Waals surface area contributed by atoms with Crippen molar-refractivity contribution in [3.05, 3.63) is 52.3 Å². The van der Waals surface area contributed by atoms with E-state index in [0.29, 0.717) is 5.56 Å². The first-order valence-corrected chi connectivity index (χ1v) is 6.00. The Hall–Kier alpha value is -1.75. The van der Waals surface area contributed by atoms with Gasteiger partial charge in [0.05, 0.1) is 16.3 Å². The van der Waals surface area contributed by atoms with Gasteiger partial charge in [-0.25, -0.2) is 4.39 Å². The Bertz CT molecular complexity index is 665. The SMILES string of the molecule is Cc1ccc(-c2cc(Cl)c(N)c(C(F)(F)F)c2)c(F)c1. The van der Waals surface area contributed by atoms with Crippen molar-refractivity contribution in [3.8, 4) is 11.1 Å². The lowest BCUT2D eigenvalue weighted by atomic mass is 10.00. The van der Waals surface area contributed by atoms with E-state index < -0.39 is 23.2 Å². The van der Waals surface area contributed by atoms with Gasteiger partial charge >= 0.3 is 6.18 Å². The molecule has 0 unspecified atom stereocenters. The van der Waals surface area contributed by atoms with Crippen molar-refractivity contribution in [1.82, 2.24) is 0 Å². The summed E-state index contributed by atoms with van der Waals surface area (Å²) < 4.78 is 52.4. The molecule has 0 fully saturated rings. The largest absolute Gasteiger partial charge is 0.418 e. The Morgan fingerprint density at radius 3 is 2.30 bits per heavy atom. The van der Waals surface area contributed by atoms with Crippen molar-refractivity contribution >= 4 is 17.3 Å². The van der Waals surface area contributed by atoms with Crippen LogP contribution in [0.4, 0.5) is 23.2 Å². The van der Waals surface area contributed by atoms with Gasteiger partial charge in [0, 0.05) is 5.56 Å². The molecule has 2 aromatic carbocycles. The fraction of sp³-hybridized carbons (Fsp3) is 0.143. The van der Waals surface area contributed by atoms with Crippen molar-refractivity contribution in [2.24, 2.45) is 0 Å². The van der Waals surface area contributed by atoms with Crippen molar-refractivity contribution in [2.75, 3.05) is 5.73 Å². The first kappa shape index (κ1) is 14.7. The molecule has 0 heterocycles. The van der Waals surface area contributed by atoms with Gasteiger partial charge in [-0.1, -0.05) is 23.7 Å². The van der Waals surface area contributed by atoms with E-state index in [4.69, 9.17) is 17.3 Å². The van der Waals surface area contributed by atoms with Gasteiger partial charge in [-0.2, -0.15) is 13.2 Å². The zero-order chi connectivity index (χ0) is 15.1. The van der Waals surface area contributed by atoms with Crippen molar-refractivity contribution < 1.29 is 17.6 Å². The number of aryl methyl sites for hydroxylation is 1.